The third-order valence-corrected chi connectivity index (χ3v) is 5.26. The zero-order chi connectivity index (χ0) is 13.2. The third kappa shape index (κ3) is 3.69. The van der Waals surface area contributed by atoms with Crippen molar-refractivity contribution in [3.8, 4) is 0 Å². The molecule has 1 N–H and O–H groups in total. The van der Waals surface area contributed by atoms with Gasteiger partial charge in [0.05, 0.1) is 5.02 Å². The average Bonchev–Trinajstić information content (AvgIpc) is 3.13. The van der Waals surface area contributed by atoms with Gasteiger partial charge in [-0.3, -0.25) is 0 Å². The first-order chi connectivity index (χ1) is 9.20. The van der Waals surface area contributed by atoms with E-state index in [9.17, 15) is 0 Å². The number of aryl methyl sites for hydroxylation is 1. The summed E-state index contributed by atoms with van der Waals surface area (Å²) < 4.78 is 0.934. The second-order valence-electron chi connectivity index (χ2n) is 4.61. The van der Waals surface area contributed by atoms with Gasteiger partial charge in [0.2, 0.25) is 0 Å². The van der Waals surface area contributed by atoms with Crippen LogP contribution in [0.25, 0.3) is 0 Å². The summed E-state index contributed by atoms with van der Waals surface area (Å²) in [6, 6.07) is 6.94. The fraction of sp³-hybridized carbons (Fsp3) is 0.385. The van der Waals surface area contributed by atoms with Crippen LogP contribution < -0.4 is 5.32 Å². The monoisotopic (exact) mass is 311 g/mol. The molecule has 3 nitrogen and oxygen atoms in total. The molecule has 1 saturated carbocycles. The summed E-state index contributed by atoms with van der Waals surface area (Å²) in [6.45, 7) is 2.85. The van der Waals surface area contributed by atoms with Gasteiger partial charge in [-0.1, -0.05) is 40.8 Å². The van der Waals surface area contributed by atoms with Crippen LogP contribution in [0.3, 0.4) is 0 Å². The molecular weight excluding hydrogens is 298 g/mol. The van der Waals surface area contributed by atoms with Crippen molar-refractivity contribution >= 4 is 34.7 Å². The minimum atomic E-state index is 0.720. The van der Waals surface area contributed by atoms with Gasteiger partial charge >= 0.3 is 0 Å². The maximum Gasteiger partial charge on any atom is 0.179 e. The Labute approximate surface area is 125 Å². The van der Waals surface area contributed by atoms with Crippen molar-refractivity contribution in [3.63, 3.8) is 0 Å². The van der Waals surface area contributed by atoms with E-state index in [0.29, 0.717) is 0 Å². The normalized spacial score (nSPS) is 14.8. The molecule has 1 aliphatic rings. The standard InChI is InChI=1S/C13H14ClN3S2/c1-8-16-17-13(18-8)19-12-5-2-9(6-11(12)14)7-15-10-3-4-10/h2,5-6,10,15H,3-4,7H2,1H3. The van der Waals surface area contributed by atoms with E-state index in [1.54, 1.807) is 23.1 Å². The van der Waals surface area contributed by atoms with Gasteiger partial charge in [0, 0.05) is 17.5 Å². The van der Waals surface area contributed by atoms with Crippen molar-refractivity contribution in [2.75, 3.05) is 0 Å². The highest BCUT2D eigenvalue weighted by molar-refractivity contribution is 8.01. The van der Waals surface area contributed by atoms with Crippen LogP contribution in [0.5, 0.6) is 0 Å². The van der Waals surface area contributed by atoms with E-state index in [1.807, 2.05) is 13.0 Å². The molecule has 0 amide bonds. The van der Waals surface area contributed by atoms with Crippen LogP contribution in [-0.2, 0) is 6.54 Å². The third-order valence-electron chi connectivity index (χ3n) is 2.87. The van der Waals surface area contributed by atoms with E-state index >= 15 is 0 Å². The minimum absolute atomic E-state index is 0.720. The number of rotatable bonds is 5. The van der Waals surface area contributed by atoms with Crippen LogP contribution in [0, 0.1) is 6.92 Å². The Bertz CT molecular complexity index is 581. The molecule has 100 valence electrons. The largest absolute Gasteiger partial charge is 0.310 e. The lowest BCUT2D eigenvalue weighted by Crippen LogP contribution is -2.15. The first-order valence-electron chi connectivity index (χ1n) is 6.20. The smallest absolute Gasteiger partial charge is 0.179 e. The van der Waals surface area contributed by atoms with Gasteiger partial charge in [0.15, 0.2) is 4.34 Å². The molecule has 0 bridgehead atoms. The summed E-state index contributed by atoms with van der Waals surface area (Å²) in [5.74, 6) is 0. The Morgan fingerprint density at radius 2 is 2.26 bits per heavy atom. The molecule has 1 heterocycles. The molecule has 0 atom stereocenters. The number of halogens is 1. The van der Waals surface area contributed by atoms with Crippen LogP contribution in [0.2, 0.25) is 5.02 Å². The number of hydrogen-bond acceptors (Lipinski definition) is 5. The molecule has 19 heavy (non-hydrogen) atoms. The zero-order valence-electron chi connectivity index (χ0n) is 10.5. The summed E-state index contributed by atoms with van der Waals surface area (Å²) in [5.41, 5.74) is 1.23. The van der Waals surface area contributed by atoms with Gasteiger partial charge in [0.1, 0.15) is 5.01 Å². The van der Waals surface area contributed by atoms with Gasteiger partial charge < -0.3 is 5.32 Å². The second-order valence-corrected chi connectivity index (χ2v) is 7.49. The Hall–Kier alpha value is -0.620. The molecule has 6 heteroatoms. The molecule has 0 spiro atoms. The van der Waals surface area contributed by atoms with Gasteiger partial charge in [-0.2, -0.15) is 0 Å². The molecule has 0 saturated heterocycles. The van der Waals surface area contributed by atoms with Crippen LogP contribution in [0.1, 0.15) is 23.4 Å². The summed E-state index contributed by atoms with van der Waals surface area (Å²) in [5, 5.41) is 13.4. The van der Waals surface area contributed by atoms with Crippen molar-refractivity contribution in [2.24, 2.45) is 0 Å². The lowest BCUT2D eigenvalue weighted by molar-refractivity contribution is 0.687. The maximum atomic E-state index is 6.32. The summed E-state index contributed by atoms with van der Waals surface area (Å²) in [7, 11) is 0. The van der Waals surface area contributed by atoms with Crippen LogP contribution in [-0.4, -0.2) is 16.2 Å². The van der Waals surface area contributed by atoms with Crippen molar-refractivity contribution < 1.29 is 0 Å². The molecular formula is C13H14ClN3S2. The first kappa shape index (κ1) is 13.4. The van der Waals surface area contributed by atoms with Crippen LogP contribution >= 0.6 is 34.7 Å². The van der Waals surface area contributed by atoms with Crippen molar-refractivity contribution in [2.45, 2.75) is 41.6 Å². The predicted octanol–water partition coefficient (Wildman–Crippen LogP) is 3.90. The van der Waals surface area contributed by atoms with E-state index in [2.05, 4.69) is 27.6 Å². The Kier molecular flexibility index (Phi) is 4.07. The molecule has 0 aliphatic heterocycles. The van der Waals surface area contributed by atoms with Crippen molar-refractivity contribution in [1.29, 1.82) is 0 Å². The highest BCUT2D eigenvalue weighted by Crippen LogP contribution is 2.35. The summed E-state index contributed by atoms with van der Waals surface area (Å²) >= 11 is 9.49. The summed E-state index contributed by atoms with van der Waals surface area (Å²) in [4.78, 5) is 1.04. The van der Waals surface area contributed by atoms with Crippen LogP contribution in [0.4, 0.5) is 0 Å². The maximum absolute atomic E-state index is 6.32. The molecule has 1 aromatic carbocycles. The van der Waals surface area contributed by atoms with E-state index in [-0.39, 0.29) is 0 Å². The Balaban J connectivity index is 1.67. The Morgan fingerprint density at radius 1 is 1.42 bits per heavy atom. The topological polar surface area (TPSA) is 37.8 Å². The minimum Gasteiger partial charge on any atom is -0.310 e. The van der Waals surface area contributed by atoms with Crippen molar-refractivity contribution in [3.05, 3.63) is 33.8 Å². The lowest BCUT2D eigenvalue weighted by Gasteiger charge is -2.06. The Morgan fingerprint density at radius 3 is 2.89 bits per heavy atom. The number of benzene rings is 1. The fourth-order valence-electron chi connectivity index (χ4n) is 1.70. The lowest BCUT2D eigenvalue weighted by atomic mass is 10.2. The van der Waals surface area contributed by atoms with Gasteiger partial charge in [-0.15, -0.1) is 10.2 Å². The molecule has 2 aromatic rings. The highest BCUT2D eigenvalue weighted by Gasteiger charge is 2.20. The fourth-order valence-corrected chi connectivity index (χ4v) is 3.80. The van der Waals surface area contributed by atoms with Gasteiger partial charge in [0.25, 0.3) is 0 Å². The molecule has 1 fully saturated rings. The van der Waals surface area contributed by atoms with Crippen LogP contribution in [0.15, 0.2) is 27.4 Å². The zero-order valence-corrected chi connectivity index (χ0v) is 12.9. The molecule has 1 aliphatic carbocycles. The summed E-state index contributed by atoms with van der Waals surface area (Å²) in [6.07, 6.45) is 2.61. The molecule has 3 rings (SSSR count). The molecule has 0 unspecified atom stereocenters. The van der Waals surface area contributed by atoms with E-state index in [1.165, 1.54) is 18.4 Å². The van der Waals surface area contributed by atoms with E-state index in [4.69, 9.17) is 11.6 Å². The number of hydrogen-bond donors (Lipinski definition) is 1. The SMILES string of the molecule is Cc1nnc(Sc2ccc(CNC3CC3)cc2Cl)s1. The second kappa shape index (κ2) is 5.79. The van der Waals surface area contributed by atoms with E-state index < -0.39 is 0 Å². The number of nitrogens with one attached hydrogen (secondary N) is 1. The predicted molar refractivity (Wildman–Crippen MR) is 80.1 cm³/mol. The molecule has 0 radical (unpaired) electrons. The first-order valence-corrected chi connectivity index (χ1v) is 8.21. The molecule has 1 aromatic heterocycles. The van der Waals surface area contributed by atoms with E-state index in [0.717, 1.165) is 31.9 Å². The van der Waals surface area contributed by atoms with Crippen molar-refractivity contribution in [1.82, 2.24) is 15.5 Å². The average molecular weight is 312 g/mol. The number of nitrogens with zero attached hydrogens (tertiary/aromatic N) is 2. The quantitative estimate of drug-likeness (QED) is 0.908. The highest BCUT2D eigenvalue weighted by atomic mass is 35.5. The number of aromatic nitrogens is 2. The van der Waals surface area contributed by atoms with Gasteiger partial charge in [-0.25, -0.2) is 0 Å². The van der Waals surface area contributed by atoms with Gasteiger partial charge in [-0.05, 0) is 37.5 Å².